The lowest BCUT2D eigenvalue weighted by molar-refractivity contribution is 0.0955. The van der Waals surface area contributed by atoms with Gasteiger partial charge in [-0.05, 0) is 54.8 Å². The summed E-state index contributed by atoms with van der Waals surface area (Å²) in [5.74, 6) is -0.745. The van der Waals surface area contributed by atoms with Gasteiger partial charge in [0.05, 0.1) is 6.21 Å². The van der Waals surface area contributed by atoms with Gasteiger partial charge in [-0.2, -0.15) is 5.10 Å². The third-order valence-electron chi connectivity index (χ3n) is 3.73. The molecule has 2 rings (SSSR count). The van der Waals surface area contributed by atoms with E-state index in [1.165, 1.54) is 30.0 Å². The minimum absolute atomic E-state index is 0.365. The number of halogens is 1. The Kier molecular flexibility index (Phi) is 7.14. The lowest BCUT2D eigenvalue weighted by Crippen LogP contribution is -2.24. The number of nitrogens with zero attached hydrogens (tertiary/aromatic N) is 2. The second-order valence-corrected chi connectivity index (χ2v) is 5.78. The first-order valence-electron chi connectivity index (χ1n) is 8.58. The average molecular weight is 341 g/mol. The standard InChI is InChI=1S/C20H24FN3O/c1-3-13-24(14-4-2)19-11-5-16(6-12-19)15-22-23-20(25)17-7-9-18(21)10-8-17/h5-12,15H,3-4,13-14H2,1-2H3,(H,23,25)/b22-15-. The molecule has 0 saturated carbocycles. The van der Waals surface area contributed by atoms with E-state index in [0.717, 1.165) is 31.5 Å². The van der Waals surface area contributed by atoms with Crippen LogP contribution in [0.15, 0.2) is 53.6 Å². The zero-order valence-corrected chi connectivity index (χ0v) is 14.7. The Labute approximate surface area is 148 Å². The summed E-state index contributed by atoms with van der Waals surface area (Å²) in [6, 6.07) is 13.4. The van der Waals surface area contributed by atoms with Gasteiger partial charge in [0.25, 0.3) is 5.91 Å². The summed E-state index contributed by atoms with van der Waals surface area (Å²) in [5.41, 5.74) is 4.90. The molecule has 0 spiro atoms. The number of rotatable bonds is 8. The number of carbonyl (C=O) groups is 1. The van der Waals surface area contributed by atoms with Gasteiger partial charge in [0.2, 0.25) is 0 Å². The number of carbonyl (C=O) groups excluding carboxylic acids is 1. The number of hydrogen-bond donors (Lipinski definition) is 1. The van der Waals surface area contributed by atoms with E-state index in [-0.39, 0.29) is 11.7 Å². The van der Waals surface area contributed by atoms with Gasteiger partial charge < -0.3 is 4.90 Å². The van der Waals surface area contributed by atoms with Crippen molar-refractivity contribution in [1.29, 1.82) is 0 Å². The van der Waals surface area contributed by atoms with E-state index in [1.54, 1.807) is 6.21 Å². The smallest absolute Gasteiger partial charge is 0.271 e. The maximum Gasteiger partial charge on any atom is 0.271 e. The Morgan fingerprint density at radius 1 is 1.04 bits per heavy atom. The Morgan fingerprint density at radius 3 is 2.20 bits per heavy atom. The molecule has 5 heteroatoms. The van der Waals surface area contributed by atoms with Crippen LogP contribution < -0.4 is 10.3 Å². The van der Waals surface area contributed by atoms with Crippen molar-refractivity contribution in [2.75, 3.05) is 18.0 Å². The van der Waals surface area contributed by atoms with E-state index in [4.69, 9.17) is 0 Å². The van der Waals surface area contributed by atoms with E-state index in [2.05, 4.69) is 41.4 Å². The monoisotopic (exact) mass is 341 g/mol. The second-order valence-electron chi connectivity index (χ2n) is 5.78. The van der Waals surface area contributed by atoms with Crippen LogP contribution >= 0.6 is 0 Å². The van der Waals surface area contributed by atoms with Gasteiger partial charge in [-0.25, -0.2) is 9.82 Å². The zero-order valence-electron chi connectivity index (χ0n) is 14.7. The summed E-state index contributed by atoms with van der Waals surface area (Å²) in [7, 11) is 0. The van der Waals surface area contributed by atoms with Gasteiger partial charge in [0, 0.05) is 24.3 Å². The summed E-state index contributed by atoms with van der Waals surface area (Å²) in [4.78, 5) is 14.2. The van der Waals surface area contributed by atoms with E-state index in [9.17, 15) is 9.18 Å². The minimum atomic E-state index is -0.375. The van der Waals surface area contributed by atoms with E-state index >= 15 is 0 Å². The highest BCUT2D eigenvalue weighted by molar-refractivity contribution is 5.94. The molecular formula is C20H24FN3O. The summed E-state index contributed by atoms with van der Waals surface area (Å²) in [6.07, 6.45) is 3.81. The molecule has 132 valence electrons. The van der Waals surface area contributed by atoms with E-state index in [0.29, 0.717) is 5.56 Å². The molecule has 0 fully saturated rings. The summed E-state index contributed by atoms with van der Waals surface area (Å²) in [5, 5.41) is 3.96. The Balaban J connectivity index is 1.94. The SMILES string of the molecule is CCCN(CCC)c1ccc(/C=N\NC(=O)c2ccc(F)cc2)cc1. The molecule has 0 bridgehead atoms. The first kappa shape index (κ1) is 18.6. The van der Waals surface area contributed by atoms with E-state index < -0.39 is 0 Å². The van der Waals surface area contributed by atoms with Crippen LogP contribution in [0.2, 0.25) is 0 Å². The van der Waals surface area contributed by atoms with Gasteiger partial charge >= 0.3 is 0 Å². The number of anilines is 1. The van der Waals surface area contributed by atoms with Gasteiger partial charge in [-0.15, -0.1) is 0 Å². The first-order valence-corrected chi connectivity index (χ1v) is 8.58. The molecule has 0 atom stereocenters. The van der Waals surface area contributed by atoms with Crippen LogP contribution in [0.4, 0.5) is 10.1 Å². The molecule has 1 amide bonds. The molecule has 0 radical (unpaired) electrons. The van der Waals surface area contributed by atoms with Gasteiger partial charge in [0.15, 0.2) is 0 Å². The van der Waals surface area contributed by atoms with E-state index in [1.807, 2.05) is 12.1 Å². The predicted molar refractivity (Wildman–Crippen MR) is 101 cm³/mol. The van der Waals surface area contributed by atoms with Gasteiger partial charge in [-0.3, -0.25) is 4.79 Å². The van der Waals surface area contributed by atoms with Crippen molar-refractivity contribution in [1.82, 2.24) is 5.43 Å². The number of nitrogens with one attached hydrogen (secondary N) is 1. The van der Waals surface area contributed by atoms with Gasteiger partial charge in [-0.1, -0.05) is 26.0 Å². The number of amides is 1. The quantitative estimate of drug-likeness (QED) is 0.577. The van der Waals surface area contributed by atoms with Crippen molar-refractivity contribution in [2.24, 2.45) is 5.10 Å². The Hall–Kier alpha value is -2.69. The minimum Gasteiger partial charge on any atom is -0.372 e. The third kappa shape index (κ3) is 5.71. The van der Waals surface area contributed by atoms with Crippen LogP contribution in [0.5, 0.6) is 0 Å². The van der Waals surface area contributed by atoms with Crippen LogP contribution in [0.3, 0.4) is 0 Å². The molecule has 0 aliphatic rings. The van der Waals surface area contributed by atoms with Crippen molar-refractivity contribution in [3.63, 3.8) is 0 Å². The molecule has 0 aromatic heterocycles. The van der Waals surface area contributed by atoms with Gasteiger partial charge in [0.1, 0.15) is 5.82 Å². The Bertz CT molecular complexity index is 690. The summed E-state index contributed by atoms with van der Waals surface area (Å²) < 4.78 is 12.8. The van der Waals surface area contributed by atoms with Crippen LogP contribution in [0, 0.1) is 5.82 Å². The molecule has 0 saturated heterocycles. The Morgan fingerprint density at radius 2 is 1.64 bits per heavy atom. The molecule has 0 aliphatic heterocycles. The fraction of sp³-hybridized carbons (Fsp3) is 0.300. The molecule has 0 heterocycles. The molecule has 2 aromatic rings. The molecule has 25 heavy (non-hydrogen) atoms. The maximum atomic E-state index is 12.8. The highest BCUT2D eigenvalue weighted by Gasteiger charge is 2.05. The van der Waals surface area contributed by atoms with Crippen LogP contribution in [0.1, 0.15) is 42.6 Å². The first-order chi connectivity index (χ1) is 12.1. The average Bonchev–Trinajstić information content (AvgIpc) is 2.62. The molecule has 2 aromatic carbocycles. The number of hydrazone groups is 1. The highest BCUT2D eigenvalue weighted by atomic mass is 19.1. The second kappa shape index (κ2) is 9.57. The topological polar surface area (TPSA) is 44.7 Å². The van der Waals surface area contributed by atoms with Crippen molar-refractivity contribution in [2.45, 2.75) is 26.7 Å². The normalized spacial score (nSPS) is 10.8. The molecule has 0 unspecified atom stereocenters. The van der Waals surface area contributed by atoms with Crippen molar-refractivity contribution in [3.8, 4) is 0 Å². The summed E-state index contributed by atoms with van der Waals surface area (Å²) in [6.45, 7) is 6.42. The molecule has 0 aliphatic carbocycles. The number of hydrogen-bond acceptors (Lipinski definition) is 3. The zero-order chi connectivity index (χ0) is 18.1. The van der Waals surface area contributed by atoms with Crippen LogP contribution in [-0.4, -0.2) is 25.2 Å². The number of benzene rings is 2. The summed E-state index contributed by atoms with van der Waals surface area (Å²) >= 11 is 0. The van der Waals surface area contributed by atoms with Crippen molar-refractivity contribution in [3.05, 3.63) is 65.5 Å². The van der Waals surface area contributed by atoms with Crippen molar-refractivity contribution < 1.29 is 9.18 Å². The largest absolute Gasteiger partial charge is 0.372 e. The third-order valence-corrected chi connectivity index (χ3v) is 3.73. The maximum absolute atomic E-state index is 12.8. The predicted octanol–water partition coefficient (Wildman–Crippen LogP) is 4.22. The van der Waals surface area contributed by atoms with Crippen molar-refractivity contribution >= 4 is 17.8 Å². The molecular weight excluding hydrogens is 317 g/mol. The fourth-order valence-electron chi connectivity index (χ4n) is 2.51. The van der Waals surface area contributed by atoms with Crippen LogP contribution in [-0.2, 0) is 0 Å². The van der Waals surface area contributed by atoms with Crippen LogP contribution in [0.25, 0.3) is 0 Å². The molecule has 4 nitrogen and oxygen atoms in total. The fourth-order valence-corrected chi connectivity index (χ4v) is 2.51. The highest BCUT2D eigenvalue weighted by Crippen LogP contribution is 2.15. The lowest BCUT2D eigenvalue weighted by atomic mass is 10.2. The lowest BCUT2D eigenvalue weighted by Gasteiger charge is -2.23. The molecule has 1 N–H and O–H groups in total.